The fraction of sp³-hybridized carbons (Fsp3) is 0.235. The van der Waals surface area contributed by atoms with E-state index >= 15 is 0 Å². The van der Waals surface area contributed by atoms with Crippen molar-refractivity contribution in [2.75, 3.05) is 0 Å². The van der Waals surface area contributed by atoms with Gasteiger partial charge < -0.3 is 15.2 Å². The molecule has 0 aliphatic heterocycles. The van der Waals surface area contributed by atoms with E-state index < -0.39 is 12.0 Å². The van der Waals surface area contributed by atoms with Gasteiger partial charge in [0.05, 0.1) is 0 Å². The molecule has 1 unspecified atom stereocenters. The number of nitrogens with one attached hydrogen (secondary N) is 1. The molecule has 0 fully saturated rings. The number of halogens is 3. The van der Waals surface area contributed by atoms with E-state index in [0.717, 1.165) is 15.6 Å². The summed E-state index contributed by atoms with van der Waals surface area (Å²) in [5.74, 6) is -0.241. The van der Waals surface area contributed by atoms with Crippen molar-refractivity contribution in [3.05, 3.63) is 62.0 Å². The first-order valence-electron chi connectivity index (χ1n) is 7.18. The third-order valence-electron chi connectivity index (χ3n) is 3.39. The minimum absolute atomic E-state index is 0.291. The summed E-state index contributed by atoms with van der Waals surface area (Å²) in [6, 6.07) is 10.2. The average molecular weight is 433 g/mol. The van der Waals surface area contributed by atoms with E-state index in [1.165, 1.54) is 0 Å². The monoisotopic (exact) mass is 431 g/mol. The zero-order chi connectivity index (χ0) is 17.7. The van der Waals surface area contributed by atoms with Crippen LogP contribution in [0.3, 0.4) is 0 Å². The first-order chi connectivity index (χ1) is 11.4. The van der Waals surface area contributed by atoms with E-state index in [9.17, 15) is 4.79 Å². The van der Waals surface area contributed by atoms with E-state index in [-0.39, 0.29) is 0 Å². The smallest absolute Gasteiger partial charge is 0.320 e. The van der Waals surface area contributed by atoms with Gasteiger partial charge in [0.2, 0.25) is 0 Å². The van der Waals surface area contributed by atoms with Crippen LogP contribution in [0.1, 0.15) is 18.1 Å². The van der Waals surface area contributed by atoms with Crippen LogP contribution in [0.15, 0.2) is 40.9 Å². The second-order valence-electron chi connectivity index (χ2n) is 5.22. The van der Waals surface area contributed by atoms with Crippen LogP contribution >= 0.6 is 39.1 Å². The molecule has 24 heavy (non-hydrogen) atoms. The van der Waals surface area contributed by atoms with Crippen molar-refractivity contribution in [3.63, 3.8) is 0 Å². The molecule has 2 aromatic carbocycles. The van der Waals surface area contributed by atoms with Gasteiger partial charge in [0.25, 0.3) is 0 Å². The van der Waals surface area contributed by atoms with Crippen molar-refractivity contribution >= 4 is 45.1 Å². The highest BCUT2D eigenvalue weighted by molar-refractivity contribution is 9.10. The van der Waals surface area contributed by atoms with Crippen LogP contribution in [-0.4, -0.2) is 17.1 Å². The van der Waals surface area contributed by atoms with Crippen LogP contribution in [0.4, 0.5) is 0 Å². The molecule has 1 atom stereocenters. The van der Waals surface area contributed by atoms with Gasteiger partial charge >= 0.3 is 5.97 Å². The molecule has 0 amide bonds. The van der Waals surface area contributed by atoms with E-state index in [0.29, 0.717) is 28.9 Å². The number of carboxylic acids is 1. The summed E-state index contributed by atoms with van der Waals surface area (Å²) >= 11 is 15.4. The molecule has 0 radical (unpaired) electrons. The first-order valence-corrected chi connectivity index (χ1v) is 8.73. The highest BCUT2D eigenvalue weighted by Crippen LogP contribution is 2.26. The van der Waals surface area contributed by atoms with Crippen LogP contribution in [-0.2, 0) is 17.9 Å². The predicted molar refractivity (Wildman–Crippen MR) is 98.9 cm³/mol. The largest absolute Gasteiger partial charge is 0.489 e. The number of ether oxygens (including phenoxy) is 1. The Balaban J connectivity index is 2.10. The number of carboxylic acid groups (broad SMARTS) is 1. The molecular weight excluding hydrogens is 417 g/mol. The summed E-state index contributed by atoms with van der Waals surface area (Å²) in [5.41, 5.74) is 1.67. The van der Waals surface area contributed by atoms with Crippen LogP contribution < -0.4 is 10.1 Å². The first kappa shape index (κ1) is 19.1. The standard InChI is InChI=1S/C17H16BrCl2NO3/c1-10(17(22)23)21-8-12-6-13(18)3-5-16(12)24-9-11-2-4-14(19)7-15(11)20/h2-7,10,21H,8-9H2,1H3,(H,22,23). The highest BCUT2D eigenvalue weighted by atomic mass is 79.9. The van der Waals surface area contributed by atoms with E-state index in [1.807, 2.05) is 24.3 Å². The minimum atomic E-state index is -0.902. The van der Waals surface area contributed by atoms with Crippen LogP contribution in [0, 0.1) is 0 Å². The van der Waals surface area contributed by atoms with Crippen molar-refractivity contribution < 1.29 is 14.6 Å². The lowest BCUT2D eigenvalue weighted by Crippen LogP contribution is -2.33. The Morgan fingerprint density at radius 3 is 2.67 bits per heavy atom. The second kappa shape index (κ2) is 8.72. The lowest BCUT2D eigenvalue weighted by atomic mass is 10.2. The Kier molecular flexibility index (Phi) is 6.92. The molecule has 0 aliphatic carbocycles. The van der Waals surface area contributed by atoms with Gasteiger partial charge in [0.1, 0.15) is 18.4 Å². The van der Waals surface area contributed by atoms with Crippen molar-refractivity contribution in [2.24, 2.45) is 0 Å². The number of carbonyl (C=O) groups is 1. The molecule has 0 spiro atoms. The minimum Gasteiger partial charge on any atom is -0.489 e. The quantitative estimate of drug-likeness (QED) is 0.653. The van der Waals surface area contributed by atoms with Crippen molar-refractivity contribution in [1.29, 1.82) is 0 Å². The Morgan fingerprint density at radius 2 is 2.00 bits per heavy atom. The van der Waals surface area contributed by atoms with Gasteiger partial charge in [-0.1, -0.05) is 45.2 Å². The Labute approximate surface area is 158 Å². The van der Waals surface area contributed by atoms with Gasteiger partial charge in [-0.15, -0.1) is 0 Å². The zero-order valence-electron chi connectivity index (χ0n) is 12.9. The average Bonchev–Trinajstić information content (AvgIpc) is 2.52. The molecule has 128 valence electrons. The maximum absolute atomic E-state index is 10.9. The van der Waals surface area contributed by atoms with Crippen molar-refractivity contribution in [2.45, 2.75) is 26.1 Å². The lowest BCUT2D eigenvalue weighted by molar-refractivity contribution is -0.139. The van der Waals surface area contributed by atoms with Crippen molar-refractivity contribution in [1.82, 2.24) is 5.32 Å². The maximum Gasteiger partial charge on any atom is 0.320 e. The molecule has 0 saturated heterocycles. The Hall–Kier alpha value is -1.27. The van der Waals surface area contributed by atoms with Gasteiger partial charge in [-0.05, 0) is 37.3 Å². The SMILES string of the molecule is CC(NCc1cc(Br)ccc1OCc1ccc(Cl)cc1Cl)C(=O)O. The number of aliphatic carboxylic acids is 1. The molecule has 2 N–H and O–H groups in total. The van der Waals surface area contributed by atoms with Gasteiger partial charge in [-0.25, -0.2) is 0 Å². The summed E-state index contributed by atoms with van der Waals surface area (Å²) in [7, 11) is 0. The van der Waals surface area contributed by atoms with Crippen LogP contribution in [0.2, 0.25) is 10.0 Å². The summed E-state index contributed by atoms with van der Waals surface area (Å²) in [4.78, 5) is 10.9. The second-order valence-corrected chi connectivity index (χ2v) is 6.98. The lowest BCUT2D eigenvalue weighted by Gasteiger charge is -2.15. The Morgan fingerprint density at radius 1 is 1.25 bits per heavy atom. The molecule has 4 nitrogen and oxygen atoms in total. The number of benzene rings is 2. The normalized spacial score (nSPS) is 12.0. The van der Waals surface area contributed by atoms with Crippen LogP contribution in [0.5, 0.6) is 5.75 Å². The summed E-state index contributed by atoms with van der Waals surface area (Å²) in [5, 5.41) is 13.0. The van der Waals surface area contributed by atoms with Gasteiger partial charge in [-0.2, -0.15) is 0 Å². The predicted octanol–water partition coefficient (Wildman–Crippen LogP) is 4.90. The highest BCUT2D eigenvalue weighted by Gasteiger charge is 2.12. The van der Waals surface area contributed by atoms with E-state index in [1.54, 1.807) is 19.1 Å². The van der Waals surface area contributed by atoms with Gasteiger partial charge in [0, 0.05) is 32.2 Å². The zero-order valence-corrected chi connectivity index (χ0v) is 16.0. The number of hydrogen-bond acceptors (Lipinski definition) is 3. The summed E-state index contributed by atoms with van der Waals surface area (Å²) < 4.78 is 6.74. The molecule has 0 heterocycles. The molecule has 2 aromatic rings. The molecular formula is C17H16BrCl2NO3. The topological polar surface area (TPSA) is 58.6 Å². The molecule has 0 saturated carbocycles. The molecule has 2 rings (SSSR count). The maximum atomic E-state index is 10.9. The van der Waals surface area contributed by atoms with Crippen molar-refractivity contribution in [3.8, 4) is 5.75 Å². The Bertz CT molecular complexity index is 740. The molecule has 0 bridgehead atoms. The van der Waals surface area contributed by atoms with Crippen LogP contribution in [0.25, 0.3) is 0 Å². The summed E-state index contributed by atoms with van der Waals surface area (Å²) in [6.45, 7) is 2.25. The molecule has 0 aromatic heterocycles. The van der Waals surface area contributed by atoms with Gasteiger partial charge in [0.15, 0.2) is 0 Å². The van der Waals surface area contributed by atoms with E-state index in [2.05, 4.69) is 21.2 Å². The van der Waals surface area contributed by atoms with Gasteiger partial charge in [-0.3, -0.25) is 4.79 Å². The number of rotatable bonds is 7. The number of hydrogen-bond donors (Lipinski definition) is 2. The third-order valence-corrected chi connectivity index (χ3v) is 4.47. The molecule has 0 aliphatic rings. The fourth-order valence-corrected chi connectivity index (χ4v) is 2.84. The fourth-order valence-electron chi connectivity index (χ4n) is 1.97. The third kappa shape index (κ3) is 5.38. The molecule has 7 heteroatoms. The van der Waals surface area contributed by atoms with E-state index in [4.69, 9.17) is 33.0 Å². The summed E-state index contributed by atoms with van der Waals surface area (Å²) in [6.07, 6.45) is 0.